The molecule has 0 radical (unpaired) electrons. The molecule has 1 aromatic rings. The molecule has 1 aromatic carbocycles. The van der Waals surface area contributed by atoms with Gasteiger partial charge in [-0.2, -0.15) is 0 Å². The zero-order chi connectivity index (χ0) is 22.5. The first-order chi connectivity index (χ1) is 13.7. The third-order valence-corrected chi connectivity index (χ3v) is 12.2. The van der Waals surface area contributed by atoms with Crippen molar-refractivity contribution < 1.29 is 9.53 Å². The van der Waals surface area contributed by atoms with Crippen molar-refractivity contribution in [2.75, 3.05) is 0 Å². The Morgan fingerprint density at radius 3 is 2.50 bits per heavy atom. The number of fused-ring (bicyclic) bond motifs is 1. The second-order valence-corrected chi connectivity index (χ2v) is 16.5. The summed E-state index contributed by atoms with van der Waals surface area (Å²) in [6.07, 6.45) is 12.2. The predicted molar refractivity (Wildman–Crippen MR) is 129 cm³/mol. The molecule has 30 heavy (non-hydrogen) atoms. The maximum Gasteiger partial charge on any atom is 0.250 e. The van der Waals surface area contributed by atoms with Gasteiger partial charge in [-0.15, -0.1) is 12.3 Å². The fourth-order valence-electron chi connectivity index (χ4n) is 4.90. The van der Waals surface area contributed by atoms with Gasteiger partial charge in [-0.05, 0) is 78.1 Å². The van der Waals surface area contributed by atoms with Crippen LogP contribution in [0.15, 0.2) is 29.8 Å². The molecule has 2 aliphatic carbocycles. The van der Waals surface area contributed by atoms with E-state index in [-0.39, 0.29) is 22.3 Å². The minimum Gasteiger partial charge on any atom is -0.543 e. The van der Waals surface area contributed by atoms with Crippen LogP contribution in [0, 0.1) is 29.6 Å². The number of benzene rings is 1. The Morgan fingerprint density at radius 2 is 1.93 bits per heavy atom. The van der Waals surface area contributed by atoms with Gasteiger partial charge in [-0.25, -0.2) is 0 Å². The first-order valence-corrected chi connectivity index (χ1v) is 14.4. The molecule has 0 fully saturated rings. The van der Waals surface area contributed by atoms with Gasteiger partial charge in [-0.3, -0.25) is 0 Å². The van der Waals surface area contributed by atoms with Crippen LogP contribution in [-0.2, 0) is 12.0 Å². The number of rotatable bonds is 4. The predicted octanol–water partition coefficient (Wildman–Crippen LogP) is 6.84. The third kappa shape index (κ3) is 4.02. The molecule has 1 N–H and O–H groups in total. The first-order valence-electron chi connectivity index (χ1n) is 11.4. The summed E-state index contributed by atoms with van der Waals surface area (Å²) in [5.74, 6) is 3.80. The van der Waals surface area contributed by atoms with E-state index in [2.05, 4.69) is 84.8 Å². The SMILES string of the molecule is C#CC(C)[C@@H]1Cc2ccc(O[Si](C)(C)C(C)(C)C)cc2[C@@]1(O)C1=CC(C)(C)CCC1. The third-order valence-electron chi connectivity index (χ3n) is 7.84. The number of terminal acetylenes is 1. The van der Waals surface area contributed by atoms with Crippen LogP contribution in [0.25, 0.3) is 0 Å². The van der Waals surface area contributed by atoms with Gasteiger partial charge in [0.1, 0.15) is 11.4 Å². The van der Waals surface area contributed by atoms with Gasteiger partial charge in [0.15, 0.2) is 0 Å². The Balaban J connectivity index is 2.11. The quantitative estimate of drug-likeness (QED) is 0.326. The van der Waals surface area contributed by atoms with E-state index in [4.69, 9.17) is 10.8 Å². The van der Waals surface area contributed by atoms with E-state index >= 15 is 0 Å². The normalized spacial score (nSPS) is 27.1. The molecule has 2 nitrogen and oxygen atoms in total. The van der Waals surface area contributed by atoms with Gasteiger partial charge in [0.2, 0.25) is 8.32 Å². The van der Waals surface area contributed by atoms with Crippen molar-refractivity contribution in [3.8, 4) is 18.1 Å². The summed E-state index contributed by atoms with van der Waals surface area (Å²) in [5, 5.41) is 12.5. The van der Waals surface area contributed by atoms with Crippen LogP contribution in [0.3, 0.4) is 0 Å². The standard InChI is InChI=1S/C27H40O2Si/c1-10-19(2)23-16-20-13-14-22(29-30(8,9)25(3,4)5)17-24(20)27(23,28)21-12-11-15-26(6,7)18-21/h1,13-14,17-19,23,28H,11-12,15-16H2,2-9H3/t19?,23-,27+/m0/s1. The van der Waals surface area contributed by atoms with Crippen molar-refractivity contribution in [2.24, 2.45) is 17.3 Å². The van der Waals surface area contributed by atoms with Gasteiger partial charge < -0.3 is 9.53 Å². The molecule has 164 valence electrons. The molecule has 0 bridgehead atoms. The molecule has 0 saturated carbocycles. The molecule has 3 rings (SSSR count). The summed E-state index contributed by atoms with van der Waals surface area (Å²) in [6.45, 7) is 17.9. The van der Waals surface area contributed by atoms with Crippen molar-refractivity contribution in [1.29, 1.82) is 0 Å². The summed E-state index contributed by atoms with van der Waals surface area (Å²) >= 11 is 0. The Labute approximate surface area is 185 Å². The molecular weight excluding hydrogens is 384 g/mol. The highest BCUT2D eigenvalue weighted by Crippen LogP contribution is 2.54. The highest BCUT2D eigenvalue weighted by Gasteiger charge is 2.51. The van der Waals surface area contributed by atoms with Crippen LogP contribution in [-0.4, -0.2) is 13.4 Å². The minimum absolute atomic E-state index is 0.000714. The largest absolute Gasteiger partial charge is 0.543 e. The van der Waals surface area contributed by atoms with Crippen LogP contribution in [0.4, 0.5) is 0 Å². The Kier molecular flexibility index (Phi) is 5.85. The fraction of sp³-hybridized carbons (Fsp3) is 0.630. The Bertz CT molecular complexity index is 881. The molecular formula is C27H40O2Si. The van der Waals surface area contributed by atoms with E-state index in [1.165, 1.54) is 5.56 Å². The van der Waals surface area contributed by atoms with Crippen molar-refractivity contribution in [2.45, 2.75) is 91.0 Å². The number of aliphatic hydroxyl groups is 1. The topological polar surface area (TPSA) is 29.5 Å². The number of hydrogen-bond acceptors (Lipinski definition) is 2. The molecule has 0 saturated heterocycles. The summed E-state index contributed by atoms with van der Waals surface area (Å²) in [6, 6.07) is 6.35. The smallest absolute Gasteiger partial charge is 0.250 e. The van der Waals surface area contributed by atoms with Crippen molar-refractivity contribution in [1.82, 2.24) is 0 Å². The lowest BCUT2D eigenvalue weighted by Crippen LogP contribution is -2.44. The second kappa shape index (κ2) is 7.57. The zero-order valence-electron chi connectivity index (χ0n) is 20.2. The summed E-state index contributed by atoms with van der Waals surface area (Å²) < 4.78 is 6.60. The van der Waals surface area contributed by atoms with Crippen LogP contribution in [0.5, 0.6) is 5.75 Å². The van der Waals surface area contributed by atoms with E-state index in [0.717, 1.165) is 42.6 Å². The van der Waals surface area contributed by atoms with Crippen molar-refractivity contribution in [3.63, 3.8) is 0 Å². The van der Waals surface area contributed by atoms with E-state index in [1.807, 2.05) is 0 Å². The molecule has 3 heteroatoms. The summed E-state index contributed by atoms with van der Waals surface area (Å²) in [4.78, 5) is 0. The van der Waals surface area contributed by atoms with Gasteiger partial charge in [0.05, 0.1) is 0 Å². The molecule has 0 aromatic heterocycles. The maximum absolute atomic E-state index is 12.3. The van der Waals surface area contributed by atoms with Crippen LogP contribution in [0.2, 0.25) is 18.1 Å². The summed E-state index contributed by atoms with van der Waals surface area (Å²) in [7, 11) is -1.96. The van der Waals surface area contributed by atoms with Gasteiger partial charge >= 0.3 is 0 Å². The Hall–Kier alpha value is -1.50. The van der Waals surface area contributed by atoms with Gasteiger partial charge in [-0.1, -0.05) is 53.7 Å². The number of allylic oxidation sites excluding steroid dienone is 1. The van der Waals surface area contributed by atoms with Crippen LogP contribution >= 0.6 is 0 Å². The zero-order valence-corrected chi connectivity index (χ0v) is 21.2. The average molecular weight is 425 g/mol. The lowest BCUT2D eigenvalue weighted by molar-refractivity contribution is 0.00559. The lowest BCUT2D eigenvalue weighted by atomic mass is 9.68. The second-order valence-electron chi connectivity index (χ2n) is 11.7. The van der Waals surface area contributed by atoms with E-state index in [1.54, 1.807) is 0 Å². The van der Waals surface area contributed by atoms with Crippen LogP contribution in [0.1, 0.15) is 71.9 Å². The Morgan fingerprint density at radius 1 is 1.27 bits per heavy atom. The van der Waals surface area contributed by atoms with Crippen LogP contribution < -0.4 is 4.43 Å². The molecule has 2 aliphatic rings. The van der Waals surface area contributed by atoms with E-state index in [9.17, 15) is 5.11 Å². The fourth-order valence-corrected chi connectivity index (χ4v) is 5.92. The van der Waals surface area contributed by atoms with Gasteiger partial charge in [0.25, 0.3) is 0 Å². The monoisotopic (exact) mass is 424 g/mol. The summed E-state index contributed by atoms with van der Waals surface area (Å²) in [5.41, 5.74) is 2.46. The molecule has 1 unspecified atom stereocenters. The highest BCUT2D eigenvalue weighted by atomic mass is 28.4. The average Bonchev–Trinajstić information content (AvgIpc) is 2.93. The van der Waals surface area contributed by atoms with Crippen molar-refractivity contribution >= 4 is 8.32 Å². The number of hydrogen-bond donors (Lipinski definition) is 1. The van der Waals surface area contributed by atoms with Gasteiger partial charge in [0, 0.05) is 11.8 Å². The molecule has 0 amide bonds. The molecule has 0 spiro atoms. The van der Waals surface area contributed by atoms with E-state index in [0.29, 0.717) is 0 Å². The molecule has 3 atom stereocenters. The molecule has 0 aliphatic heterocycles. The first kappa shape index (κ1) is 23.2. The highest BCUT2D eigenvalue weighted by molar-refractivity contribution is 6.74. The lowest BCUT2D eigenvalue weighted by Gasteiger charge is -2.40. The van der Waals surface area contributed by atoms with Crippen molar-refractivity contribution in [3.05, 3.63) is 41.0 Å². The maximum atomic E-state index is 12.3. The molecule has 0 heterocycles. The minimum atomic E-state index is -1.96. The van der Waals surface area contributed by atoms with E-state index < -0.39 is 13.9 Å².